The first-order valence-corrected chi connectivity index (χ1v) is 9.99. The number of ether oxygens (including phenoxy) is 1. The summed E-state index contributed by atoms with van der Waals surface area (Å²) in [5.74, 6) is 0.413. The van der Waals surface area contributed by atoms with Crippen LogP contribution < -0.4 is 5.32 Å². The number of piperazine rings is 1. The number of rotatable bonds is 6. The van der Waals surface area contributed by atoms with Crippen LogP contribution in [0.1, 0.15) is 57.1 Å². The number of aryl methyl sites for hydroxylation is 2. The lowest BCUT2D eigenvalue weighted by atomic mass is 9.99. The van der Waals surface area contributed by atoms with Crippen LogP contribution in [0.5, 0.6) is 0 Å². The molecule has 0 saturated carbocycles. The molecule has 0 bridgehead atoms. The van der Waals surface area contributed by atoms with E-state index in [0.29, 0.717) is 25.4 Å². The van der Waals surface area contributed by atoms with Gasteiger partial charge in [0.1, 0.15) is 11.4 Å². The molecule has 2 heterocycles. The third-order valence-electron chi connectivity index (χ3n) is 4.89. The molecule has 8 nitrogen and oxygen atoms in total. The first-order valence-electron chi connectivity index (χ1n) is 9.99. The van der Waals surface area contributed by atoms with E-state index in [1.54, 1.807) is 4.90 Å². The Morgan fingerprint density at radius 1 is 1.21 bits per heavy atom. The van der Waals surface area contributed by atoms with E-state index in [9.17, 15) is 9.59 Å². The summed E-state index contributed by atoms with van der Waals surface area (Å²) in [5.41, 5.74) is 1.17. The van der Waals surface area contributed by atoms with E-state index in [0.717, 1.165) is 37.3 Å². The van der Waals surface area contributed by atoms with Gasteiger partial charge in [0.15, 0.2) is 0 Å². The van der Waals surface area contributed by atoms with Crippen molar-refractivity contribution in [3.05, 3.63) is 17.0 Å². The van der Waals surface area contributed by atoms with Gasteiger partial charge in [0.05, 0.1) is 11.6 Å². The van der Waals surface area contributed by atoms with Gasteiger partial charge in [-0.3, -0.25) is 9.69 Å². The number of carbonyl (C=O) groups is 2. The Bertz CT molecular complexity index is 653. The number of amides is 2. The van der Waals surface area contributed by atoms with Gasteiger partial charge in [-0.1, -0.05) is 5.16 Å². The maximum absolute atomic E-state index is 12.4. The summed E-state index contributed by atoms with van der Waals surface area (Å²) in [5, 5.41) is 6.91. The highest BCUT2D eigenvalue weighted by Crippen LogP contribution is 2.23. The summed E-state index contributed by atoms with van der Waals surface area (Å²) in [6.07, 6.45) is 0.625. The maximum Gasteiger partial charge on any atom is 0.410 e. The van der Waals surface area contributed by atoms with E-state index in [4.69, 9.17) is 9.26 Å². The van der Waals surface area contributed by atoms with E-state index in [1.165, 1.54) is 0 Å². The van der Waals surface area contributed by atoms with Crippen molar-refractivity contribution in [2.45, 2.75) is 59.5 Å². The minimum atomic E-state index is -0.465. The van der Waals surface area contributed by atoms with Crippen molar-refractivity contribution in [1.29, 1.82) is 0 Å². The SMILES string of the molecule is Cc1noc(C)c1C(C)C(=O)NCCCN1CCN(C(=O)OC(C)(C)C)CC1. The Morgan fingerprint density at radius 3 is 2.39 bits per heavy atom. The molecule has 1 atom stereocenters. The van der Waals surface area contributed by atoms with E-state index >= 15 is 0 Å². The van der Waals surface area contributed by atoms with Crippen molar-refractivity contribution in [2.24, 2.45) is 0 Å². The number of aromatic nitrogens is 1. The van der Waals surface area contributed by atoms with Gasteiger partial charge in [-0.25, -0.2) is 4.79 Å². The van der Waals surface area contributed by atoms with Crippen LogP contribution in [-0.4, -0.2) is 71.8 Å². The number of nitrogens with one attached hydrogen (secondary N) is 1. The van der Waals surface area contributed by atoms with Crippen LogP contribution in [0.25, 0.3) is 0 Å². The third kappa shape index (κ3) is 6.22. The van der Waals surface area contributed by atoms with Crippen molar-refractivity contribution in [3.63, 3.8) is 0 Å². The summed E-state index contributed by atoms with van der Waals surface area (Å²) in [4.78, 5) is 28.5. The molecule has 0 radical (unpaired) electrons. The van der Waals surface area contributed by atoms with Crippen LogP contribution in [0.3, 0.4) is 0 Å². The summed E-state index contributed by atoms with van der Waals surface area (Å²) in [6.45, 7) is 15.7. The molecule has 1 aliphatic heterocycles. The lowest BCUT2D eigenvalue weighted by Crippen LogP contribution is -2.50. The van der Waals surface area contributed by atoms with E-state index in [2.05, 4.69) is 15.4 Å². The van der Waals surface area contributed by atoms with Crippen LogP contribution in [0.15, 0.2) is 4.52 Å². The predicted octanol–water partition coefficient (Wildman–Crippen LogP) is 2.45. The number of nitrogens with zero attached hydrogens (tertiary/aromatic N) is 3. The zero-order chi connectivity index (χ0) is 20.9. The highest BCUT2D eigenvalue weighted by molar-refractivity contribution is 5.83. The largest absolute Gasteiger partial charge is 0.444 e. The third-order valence-corrected chi connectivity index (χ3v) is 4.89. The molecule has 1 aromatic heterocycles. The van der Waals surface area contributed by atoms with Gasteiger partial charge in [-0.15, -0.1) is 0 Å². The second-order valence-corrected chi connectivity index (χ2v) is 8.41. The first-order chi connectivity index (χ1) is 13.1. The number of carbonyl (C=O) groups excluding carboxylic acids is 2. The fourth-order valence-electron chi connectivity index (χ4n) is 3.39. The van der Waals surface area contributed by atoms with Crippen molar-refractivity contribution in [3.8, 4) is 0 Å². The fraction of sp³-hybridized carbons (Fsp3) is 0.750. The highest BCUT2D eigenvalue weighted by Gasteiger charge is 2.26. The summed E-state index contributed by atoms with van der Waals surface area (Å²) >= 11 is 0. The molecule has 1 unspecified atom stereocenters. The van der Waals surface area contributed by atoms with Crippen molar-refractivity contribution in [1.82, 2.24) is 20.3 Å². The molecular weight excluding hydrogens is 360 g/mol. The Kier molecular flexibility index (Phi) is 7.46. The molecule has 1 fully saturated rings. The van der Waals surface area contributed by atoms with Gasteiger partial charge in [0.25, 0.3) is 0 Å². The summed E-state index contributed by atoms with van der Waals surface area (Å²) < 4.78 is 10.6. The van der Waals surface area contributed by atoms with Gasteiger partial charge in [-0.2, -0.15) is 0 Å². The fourth-order valence-corrected chi connectivity index (χ4v) is 3.39. The van der Waals surface area contributed by atoms with Crippen LogP contribution in [0.4, 0.5) is 4.79 Å². The molecule has 2 amide bonds. The van der Waals surface area contributed by atoms with Crippen molar-refractivity contribution < 1.29 is 18.8 Å². The second-order valence-electron chi connectivity index (χ2n) is 8.41. The molecule has 2 rings (SSSR count). The standard InChI is InChI=1S/C20H34N4O4/c1-14(17-15(2)22-28-16(17)3)18(25)21-8-7-9-23-10-12-24(13-11-23)19(26)27-20(4,5)6/h14H,7-13H2,1-6H3,(H,21,25). The molecule has 1 aromatic rings. The van der Waals surface area contributed by atoms with Gasteiger partial charge in [0.2, 0.25) is 5.91 Å². The Morgan fingerprint density at radius 2 is 1.86 bits per heavy atom. The molecule has 0 spiro atoms. The first kappa shape index (κ1) is 22.2. The Hall–Kier alpha value is -2.09. The zero-order valence-corrected chi connectivity index (χ0v) is 18.0. The predicted molar refractivity (Wildman–Crippen MR) is 106 cm³/mol. The highest BCUT2D eigenvalue weighted by atomic mass is 16.6. The molecule has 1 N–H and O–H groups in total. The average molecular weight is 395 g/mol. The summed E-state index contributed by atoms with van der Waals surface area (Å²) in [7, 11) is 0. The molecule has 0 aliphatic carbocycles. The normalized spacial score (nSPS) is 16.7. The smallest absolute Gasteiger partial charge is 0.410 e. The molecule has 1 aliphatic rings. The van der Waals surface area contributed by atoms with E-state index in [1.807, 2.05) is 41.5 Å². The maximum atomic E-state index is 12.4. The van der Waals surface area contributed by atoms with Gasteiger partial charge in [-0.05, 0) is 54.5 Å². The topological polar surface area (TPSA) is 87.9 Å². The summed E-state index contributed by atoms with van der Waals surface area (Å²) in [6, 6.07) is 0. The van der Waals surface area contributed by atoms with Crippen LogP contribution in [-0.2, 0) is 9.53 Å². The molecule has 28 heavy (non-hydrogen) atoms. The Labute approximate surface area is 167 Å². The van der Waals surface area contributed by atoms with Crippen LogP contribution >= 0.6 is 0 Å². The lowest BCUT2D eigenvalue weighted by Gasteiger charge is -2.35. The number of hydrogen-bond acceptors (Lipinski definition) is 6. The monoisotopic (exact) mass is 394 g/mol. The number of hydrogen-bond donors (Lipinski definition) is 1. The molecule has 0 aromatic carbocycles. The zero-order valence-electron chi connectivity index (χ0n) is 18.0. The van der Waals surface area contributed by atoms with Crippen molar-refractivity contribution >= 4 is 12.0 Å². The van der Waals surface area contributed by atoms with Crippen LogP contribution in [0.2, 0.25) is 0 Å². The molecular formula is C20H34N4O4. The average Bonchev–Trinajstić information content (AvgIpc) is 2.95. The van der Waals surface area contributed by atoms with Crippen molar-refractivity contribution in [2.75, 3.05) is 39.3 Å². The quantitative estimate of drug-likeness (QED) is 0.746. The van der Waals surface area contributed by atoms with E-state index in [-0.39, 0.29) is 17.9 Å². The lowest BCUT2D eigenvalue weighted by molar-refractivity contribution is -0.122. The minimum Gasteiger partial charge on any atom is -0.444 e. The van der Waals surface area contributed by atoms with Crippen LogP contribution in [0, 0.1) is 13.8 Å². The second kappa shape index (κ2) is 9.41. The minimum absolute atomic E-state index is 0.0101. The molecule has 1 saturated heterocycles. The molecule has 8 heteroatoms. The Balaban J connectivity index is 1.65. The van der Waals surface area contributed by atoms with E-state index < -0.39 is 5.60 Å². The van der Waals surface area contributed by atoms with Gasteiger partial charge < -0.3 is 19.5 Å². The van der Waals surface area contributed by atoms with Gasteiger partial charge in [0, 0.05) is 38.3 Å². The molecule has 158 valence electrons. The van der Waals surface area contributed by atoms with Gasteiger partial charge >= 0.3 is 6.09 Å².